The van der Waals surface area contributed by atoms with Crippen LogP contribution in [0.1, 0.15) is 17.5 Å². The minimum Gasteiger partial charge on any atom is -0.495 e. The van der Waals surface area contributed by atoms with Gasteiger partial charge in [0.1, 0.15) is 5.75 Å². The van der Waals surface area contributed by atoms with Crippen LogP contribution in [0.25, 0.3) is 0 Å². The Morgan fingerprint density at radius 3 is 2.58 bits per heavy atom. The molecular weight excluding hydrogens is 328 g/mol. The third-order valence-electron chi connectivity index (χ3n) is 3.50. The van der Waals surface area contributed by atoms with Gasteiger partial charge in [0, 0.05) is 6.42 Å². The average molecular weight is 348 g/mol. The van der Waals surface area contributed by atoms with E-state index >= 15 is 0 Å². The fraction of sp³-hybridized carbons (Fsp3) is 0.235. The Hall–Kier alpha value is -2.38. The zero-order valence-electron chi connectivity index (χ0n) is 13.6. The molecule has 0 saturated carbocycles. The first-order valence-electron chi connectivity index (χ1n) is 7.36. The highest BCUT2D eigenvalue weighted by atomic mass is 32.2. The van der Waals surface area contributed by atoms with E-state index in [0.717, 1.165) is 11.1 Å². The fourth-order valence-corrected chi connectivity index (χ4v) is 2.84. The van der Waals surface area contributed by atoms with E-state index in [2.05, 4.69) is 5.32 Å². The zero-order chi connectivity index (χ0) is 17.7. The van der Waals surface area contributed by atoms with Gasteiger partial charge in [0.05, 0.1) is 17.7 Å². The lowest BCUT2D eigenvalue weighted by Crippen LogP contribution is -2.15. The van der Waals surface area contributed by atoms with E-state index in [1.165, 1.54) is 25.3 Å². The van der Waals surface area contributed by atoms with Gasteiger partial charge in [-0.25, -0.2) is 13.6 Å². The van der Waals surface area contributed by atoms with Gasteiger partial charge in [-0.3, -0.25) is 4.79 Å². The average Bonchev–Trinajstić information content (AvgIpc) is 2.52. The Morgan fingerprint density at radius 2 is 1.96 bits per heavy atom. The van der Waals surface area contributed by atoms with Crippen molar-refractivity contribution in [3.63, 3.8) is 0 Å². The van der Waals surface area contributed by atoms with Crippen LogP contribution in [0.2, 0.25) is 0 Å². The maximum Gasteiger partial charge on any atom is 0.238 e. The van der Waals surface area contributed by atoms with Gasteiger partial charge in [0.2, 0.25) is 15.9 Å². The fourth-order valence-electron chi connectivity index (χ4n) is 2.30. The number of ether oxygens (including phenoxy) is 1. The lowest BCUT2D eigenvalue weighted by atomic mass is 10.1. The van der Waals surface area contributed by atoms with Crippen LogP contribution in [-0.4, -0.2) is 21.4 Å². The van der Waals surface area contributed by atoms with E-state index in [1.54, 1.807) is 0 Å². The number of anilines is 1. The number of amides is 1. The normalized spacial score (nSPS) is 11.1. The Balaban J connectivity index is 2.10. The van der Waals surface area contributed by atoms with Gasteiger partial charge in [-0.1, -0.05) is 29.8 Å². The predicted octanol–water partition coefficient (Wildman–Crippen LogP) is 2.22. The number of carbonyl (C=O) groups is 1. The predicted molar refractivity (Wildman–Crippen MR) is 92.5 cm³/mol. The van der Waals surface area contributed by atoms with Crippen LogP contribution in [0.3, 0.4) is 0 Å². The minimum atomic E-state index is -3.85. The van der Waals surface area contributed by atoms with Crippen LogP contribution in [0.15, 0.2) is 47.4 Å². The molecule has 2 aromatic rings. The number of aryl methyl sites for hydroxylation is 2. The molecule has 1 amide bonds. The van der Waals surface area contributed by atoms with Crippen molar-refractivity contribution < 1.29 is 17.9 Å². The van der Waals surface area contributed by atoms with Crippen molar-refractivity contribution in [1.29, 1.82) is 0 Å². The summed E-state index contributed by atoms with van der Waals surface area (Å²) in [6, 6.07) is 12.0. The van der Waals surface area contributed by atoms with Crippen molar-refractivity contribution >= 4 is 21.6 Å². The Morgan fingerprint density at radius 1 is 1.21 bits per heavy atom. The summed E-state index contributed by atoms with van der Waals surface area (Å²) in [5.41, 5.74) is 2.48. The van der Waals surface area contributed by atoms with E-state index in [0.29, 0.717) is 12.2 Å². The number of benzene rings is 2. The quantitative estimate of drug-likeness (QED) is 0.836. The van der Waals surface area contributed by atoms with Gasteiger partial charge in [-0.2, -0.15) is 0 Å². The highest BCUT2D eigenvalue weighted by Gasteiger charge is 2.14. The molecule has 0 saturated heterocycles. The van der Waals surface area contributed by atoms with E-state index < -0.39 is 10.0 Å². The summed E-state index contributed by atoms with van der Waals surface area (Å²) in [4.78, 5) is 12.1. The Labute approximate surface area is 141 Å². The molecule has 6 nitrogen and oxygen atoms in total. The first-order chi connectivity index (χ1) is 11.3. The summed E-state index contributed by atoms with van der Waals surface area (Å²) in [5.74, 6) is 0.132. The Kier molecular flexibility index (Phi) is 5.58. The number of methoxy groups -OCH3 is 1. The number of hydrogen-bond acceptors (Lipinski definition) is 4. The van der Waals surface area contributed by atoms with Crippen LogP contribution in [0.4, 0.5) is 5.69 Å². The smallest absolute Gasteiger partial charge is 0.238 e. The van der Waals surface area contributed by atoms with Crippen LogP contribution in [0.5, 0.6) is 5.75 Å². The van der Waals surface area contributed by atoms with Crippen LogP contribution < -0.4 is 15.2 Å². The van der Waals surface area contributed by atoms with E-state index in [1.807, 2.05) is 31.2 Å². The molecule has 24 heavy (non-hydrogen) atoms. The topological polar surface area (TPSA) is 98.5 Å². The molecule has 2 rings (SSSR count). The molecule has 0 unspecified atom stereocenters. The van der Waals surface area contributed by atoms with Crippen molar-refractivity contribution in [2.45, 2.75) is 24.7 Å². The van der Waals surface area contributed by atoms with E-state index in [4.69, 9.17) is 9.88 Å². The van der Waals surface area contributed by atoms with Crippen molar-refractivity contribution in [2.24, 2.45) is 5.14 Å². The summed E-state index contributed by atoms with van der Waals surface area (Å²) < 4.78 is 28.0. The lowest BCUT2D eigenvalue weighted by molar-refractivity contribution is -0.116. The van der Waals surface area contributed by atoms with Crippen molar-refractivity contribution in [1.82, 2.24) is 0 Å². The maximum absolute atomic E-state index is 12.2. The number of rotatable bonds is 6. The standard InChI is InChI=1S/C17H20N2O4S/c1-12-4-3-5-13(10-12)6-9-17(20)19-15-11-14(24(18,21)22)7-8-16(15)23-2/h3-5,7-8,10-11H,6,9H2,1-2H3,(H,19,20)(H2,18,21,22). The van der Waals surface area contributed by atoms with Crippen molar-refractivity contribution in [3.05, 3.63) is 53.6 Å². The highest BCUT2D eigenvalue weighted by Crippen LogP contribution is 2.27. The molecule has 0 bridgehead atoms. The molecule has 3 N–H and O–H groups in total. The molecule has 128 valence electrons. The third kappa shape index (κ3) is 4.81. The first-order valence-corrected chi connectivity index (χ1v) is 8.90. The number of nitrogens with one attached hydrogen (secondary N) is 1. The molecule has 7 heteroatoms. The van der Waals surface area contributed by atoms with Crippen LogP contribution >= 0.6 is 0 Å². The van der Waals surface area contributed by atoms with Gasteiger partial charge in [0.15, 0.2) is 0 Å². The summed E-state index contributed by atoms with van der Waals surface area (Å²) in [5, 5.41) is 7.79. The molecule has 0 aromatic heterocycles. The second-order valence-corrected chi connectivity index (χ2v) is 7.01. The van der Waals surface area contributed by atoms with Crippen LogP contribution in [0, 0.1) is 6.92 Å². The number of nitrogens with two attached hydrogens (primary N) is 1. The number of carbonyl (C=O) groups excluding carboxylic acids is 1. The molecule has 0 fully saturated rings. The largest absolute Gasteiger partial charge is 0.495 e. The molecule has 0 aliphatic heterocycles. The molecule has 2 aromatic carbocycles. The van der Waals surface area contributed by atoms with Gasteiger partial charge in [-0.15, -0.1) is 0 Å². The number of hydrogen-bond donors (Lipinski definition) is 2. The highest BCUT2D eigenvalue weighted by molar-refractivity contribution is 7.89. The maximum atomic E-state index is 12.2. The van der Waals surface area contributed by atoms with E-state index in [-0.39, 0.29) is 22.9 Å². The second-order valence-electron chi connectivity index (χ2n) is 5.44. The Bertz CT molecular complexity index is 847. The molecule has 0 atom stereocenters. The van der Waals surface area contributed by atoms with Crippen molar-refractivity contribution in [2.75, 3.05) is 12.4 Å². The van der Waals surface area contributed by atoms with Gasteiger partial charge >= 0.3 is 0 Å². The van der Waals surface area contributed by atoms with Gasteiger partial charge < -0.3 is 10.1 Å². The third-order valence-corrected chi connectivity index (χ3v) is 4.41. The SMILES string of the molecule is COc1ccc(S(N)(=O)=O)cc1NC(=O)CCc1cccc(C)c1. The molecule has 0 spiro atoms. The molecule has 0 aliphatic rings. The summed E-state index contributed by atoms with van der Waals surface area (Å²) in [7, 11) is -2.41. The molecule has 0 heterocycles. The first kappa shape index (κ1) is 18.0. The van der Waals surface area contributed by atoms with Gasteiger partial charge in [0.25, 0.3) is 0 Å². The number of primary sulfonamides is 1. The van der Waals surface area contributed by atoms with Gasteiger partial charge in [-0.05, 0) is 37.1 Å². The van der Waals surface area contributed by atoms with E-state index in [9.17, 15) is 13.2 Å². The van der Waals surface area contributed by atoms with Crippen molar-refractivity contribution in [3.8, 4) is 5.75 Å². The summed E-state index contributed by atoms with van der Waals surface area (Å²) in [6.07, 6.45) is 0.858. The second kappa shape index (κ2) is 7.46. The summed E-state index contributed by atoms with van der Waals surface area (Å²) in [6.45, 7) is 1.99. The number of sulfonamides is 1. The summed E-state index contributed by atoms with van der Waals surface area (Å²) >= 11 is 0. The monoisotopic (exact) mass is 348 g/mol. The lowest BCUT2D eigenvalue weighted by Gasteiger charge is -2.11. The zero-order valence-corrected chi connectivity index (χ0v) is 14.4. The minimum absolute atomic E-state index is 0.0858. The van der Waals surface area contributed by atoms with Crippen LogP contribution in [-0.2, 0) is 21.2 Å². The molecular formula is C17H20N2O4S. The molecule has 0 aliphatic carbocycles. The molecule has 0 radical (unpaired) electrons.